The van der Waals surface area contributed by atoms with E-state index in [4.69, 9.17) is 0 Å². The molecule has 2 rings (SSSR count). The normalized spacial score (nSPS) is 9.47. The zero-order valence-corrected chi connectivity index (χ0v) is 9.61. The second-order valence-electron chi connectivity index (χ2n) is 3.38. The predicted molar refractivity (Wildman–Crippen MR) is 65.1 cm³/mol. The van der Waals surface area contributed by atoms with Crippen LogP contribution in [0.3, 0.4) is 0 Å². The summed E-state index contributed by atoms with van der Waals surface area (Å²) in [6.07, 6.45) is 5.51. The maximum Gasteiger partial charge on any atom is 0.0991 e. The van der Waals surface area contributed by atoms with Crippen LogP contribution in [0.25, 0.3) is 5.69 Å². The largest absolute Gasteiger partial charge is 0.378 e. The highest BCUT2D eigenvalue weighted by molar-refractivity contribution is 5.85. The molecule has 0 atom stereocenters. The van der Waals surface area contributed by atoms with Gasteiger partial charge in [0.05, 0.1) is 6.33 Å². The van der Waals surface area contributed by atoms with Crippen LogP contribution in [0.15, 0.2) is 43.0 Å². The van der Waals surface area contributed by atoms with E-state index in [9.17, 15) is 0 Å². The van der Waals surface area contributed by atoms with Crippen LogP contribution in [0.2, 0.25) is 0 Å². The number of benzene rings is 1. The SMILES string of the molecule is CN(C)c1ccc(-n2ccnc2)cc1.Cl. The zero-order valence-electron chi connectivity index (χ0n) is 8.79. The summed E-state index contributed by atoms with van der Waals surface area (Å²) < 4.78 is 1.99. The number of imidazole rings is 1. The third kappa shape index (κ3) is 2.50. The fourth-order valence-electron chi connectivity index (χ4n) is 1.33. The van der Waals surface area contributed by atoms with E-state index in [0.717, 1.165) is 5.69 Å². The first-order valence-electron chi connectivity index (χ1n) is 4.53. The third-order valence-corrected chi connectivity index (χ3v) is 2.17. The lowest BCUT2D eigenvalue weighted by Crippen LogP contribution is -2.08. The molecule has 0 bridgehead atoms. The molecule has 0 radical (unpaired) electrons. The number of anilines is 1. The van der Waals surface area contributed by atoms with Crippen molar-refractivity contribution in [3.63, 3.8) is 0 Å². The zero-order chi connectivity index (χ0) is 9.97. The van der Waals surface area contributed by atoms with Crippen LogP contribution in [0.4, 0.5) is 5.69 Å². The third-order valence-electron chi connectivity index (χ3n) is 2.17. The number of halogens is 1. The number of hydrogen-bond donors (Lipinski definition) is 0. The van der Waals surface area contributed by atoms with E-state index in [1.54, 1.807) is 12.5 Å². The van der Waals surface area contributed by atoms with Gasteiger partial charge in [0, 0.05) is 37.9 Å². The van der Waals surface area contributed by atoms with E-state index in [0.29, 0.717) is 0 Å². The minimum atomic E-state index is 0. The van der Waals surface area contributed by atoms with Crippen LogP contribution in [-0.4, -0.2) is 23.6 Å². The van der Waals surface area contributed by atoms with Gasteiger partial charge in [0.1, 0.15) is 0 Å². The number of hydrogen-bond acceptors (Lipinski definition) is 2. The second kappa shape index (κ2) is 4.84. The van der Waals surface area contributed by atoms with Gasteiger partial charge in [-0.05, 0) is 24.3 Å². The van der Waals surface area contributed by atoms with Crippen LogP contribution in [-0.2, 0) is 0 Å². The Hall–Kier alpha value is -1.48. The Labute approximate surface area is 95.8 Å². The summed E-state index contributed by atoms with van der Waals surface area (Å²) in [5, 5.41) is 0. The van der Waals surface area contributed by atoms with Crippen molar-refractivity contribution in [2.75, 3.05) is 19.0 Å². The van der Waals surface area contributed by atoms with Crippen LogP contribution in [0.1, 0.15) is 0 Å². The van der Waals surface area contributed by atoms with Gasteiger partial charge in [0.15, 0.2) is 0 Å². The summed E-state index contributed by atoms with van der Waals surface area (Å²) in [5.74, 6) is 0. The van der Waals surface area contributed by atoms with Crippen molar-refractivity contribution in [2.24, 2.45) is 0 Å². The Morgan fingerprint density at radius 3 is 2.27 bits per heavy atom. The lowest BCUT2D eigenvalue weighted by Gasteiger charge is -2.12. The standard InChI is InChI=1S/C11H13N3.ClH/c1-13(2)10-3-5-11(6-4-10)14-8-7-12-9-14;/h3-9H,1-2H3;1H. The van der Waals surface area contributed by atoms with E-state index in [2.05, 4.69) is 34.1 Å². The topological polar surface area (TPSA) is 21.1 Å². The van der Waals surface area contributed by atoms with Crippen molar-refractivity contribution in [1.82, 2.24) is 9.55 Å². The van der Waals surface area contributed by atoms with Crippen molar-refractivity contribution in [3.05, 3.63) is 43.0 Å². The number of aromatic nitrogens is 2. The molecule has 0 N–H and O–H groups in total. The molecule has 4 heteroatoms. The highest BCUT2D eigenvalue weighted by atomic mass is 35.5. The van der Waals surface area contributed by atoms with Crippen molar-refractivity contribution >= 4 is 18.1 Å². The summed E-state index contributed by atoms with van der Waals surface area (Å²) >= 11 is 0. The predicted octanol–water partition coefficient (Wildman–Crippen LogP) is 2.36. The van der Waals surface area contributed by atoms with Crippen molar-refractivity contribution < 1.29 is 0 Å². The molecule has 0 amide bonds. The molecule has 0 aliphatic rings. The Morgan fingerprint density at radius 1 is 1.13 bits per heavy atom. The fourth-order valence-corrected chi connectivity index (χ4v) is 1.33. The van der Waals surface area contributed by atoms with Gasteiger partial charge in [-0.3, -0.25) is 0 Å². The van der Waals surface area contributed by atoms with E-state index in [1.807, 2.05) is 24.9 Å². The molecular weight excluding hydrogens is 210 g/mol. The summed E-state index contributed by atoms with van der Waals surface area (Å²) in [4.78, 5) is 6.09. The van der Waals surface area contributed by atoms with E-state index < -0.39 is 0 Å². The van der Waals surface area contributed by atoms with Gasteiger partial charge >= 0.3 is 0 Å². The molecule has 15 heavy (non-hydrogen) atoms. The molecular formula is C11H14ClN3. The van der Waals surface area contributed by atoms with Crippen molar-refractivity contribution in [2.45, 2.75) is 0 Å². The molecule has 80 valence electrons. The van der Waals surface area contributed by atoms with E-state index >= 15 is 0 Å². The molecule has 0 saturated carbocycles. The summed E-state index contributed by atoms with van der Waals surface area (Å²) in [6, 6.07) is 8.35. The number of nitrogens with zero attached hydrogens (tertiary/aromatic N) is 3. The maximum atomic E-state index is 4.01. The first kappa shape index (κ1) is 11.6. The molecule has 1 aromatic heterocycles. The van der Waals surface area contributed by atoms with Crippen molar-refractivity contribution in [3.8, 4) is 5.69 Å². The molecule has 0 fully saturated rings. The quantitative estimate of drug-likeness (QED) is 0.780. The van der Waals surface area contributed by atoms with Gasteiger partial charge in [-0.1, -0.05) is 0 Å². The number of rotatable bonds is 2. The lowest BCUT2D eigenvalue weighted by atomic mass is 10.2. The maximum absolute atomic E-state index is 4.01. The van der Waals surface area contributed by atoms with Gasteiger partial charge in [0.25, 0.3) is 0 Å². The minimum absolute atomic E-state index is 0. The average molecular weight is 224 g/mol. The first-order chi connectivity index (χ1) is 6.77. The highest BCUT2D eigenvalue weighted by Gasteiger charge is 1.96. The monoisotopic (exact) mass is 223 g/mol. The Morgan fingerprint density at radius 2 is 1.80 bits per heavy atom. The summed E-state index contributed by atoms with van der Waals surface area (Å²) in [5.41, 5.74) is 2.34. The van der Waals surface area contributed by atoms with Crippen LogP contribution in [0, 0.1) is 0 Å². The Bertz CT molecular complexity index is 392. The highest BCUT2D eigenvalue weighted by Crippen LogP contribution is 2.14. The van der Waals surface area contributed by atoms with Gasteiger partial charge in [-0.15, -0.1) is 12.4 Å². The summed E-state index contributed by atoms with van der Waals surface area (Å²) in [7, 11) is 4.07. The summed E-state index contributed by atoms with van der Waals surface area (Å²) in [6.45, 7) is 0. The molecule has 0 aliphatic heterocycles. The van der Waals surface area contributed by atoms with Crippen LogP contribution in [0.5, 0.6) is 0 Å². The van der Waals surface area contributed by atoms with Gasteiger partial charge in [0.2, 0.25) is 0 Å². The molecule has 2 aromatic rings. The molecule has 0 aliphatic carbocycles. The van der Waals surface area contributed by atoms with E-state index in [-0.39, 0.29) is 12.4 Å². The molecule has 3 nitrogen and oxygen atoms in total. The first-order valence-corrected chi connectivity index (χ1v) is 4.53. The van der Waals surface area contributed by atoms with Gasteiger partial charge in [-0.2, -0.15) is 0 Å². The lowest BCUT2D eigenvalue weighted by molar-refractivity contribution is 1.05. The Kier molecular flexibility index (Phi) is 3.74. The molecule has 0 spiro atoms. The average Bonchev–Trinajstić information content (AvgIpc) is 2.71. The smallest absolute Gasteiger partial charge is 0.0991 e. The second-order valence-corrected chi connectivity index (χ2v) is 3.38. The van der Waals surface area contributed by atoms with Crippen LogP contribution < -0.4 is 4.90 Å². The molecule has 0 saturated heterocycles. The van der Waals surface area contributed by atoms with Gasteiger partial charge in [-0.25, -0.2) is 4.98 Å². The van der Waals surface area contributed by atoms with Crippen molar-refractivity contribution in [1.29, 1.82) is 0 Å². The fraction of sp³-hybridized carbons (Fsp3) is 0.182. The Balaban J connectivity index is 0.00000112. The molecule has 0 unspecified atom stereocenters. The minimum Gasteiger partial charge on any atom is -0.378 e. The van der Waals surface area contributed by atoms with E-state index in [1.165, 1.54) is 5.69 Å². The van der Waals surface area contributed by atoms with Crippen LogP contribution >= 0.6 is 12.4 Å². The van der Waals surface area contributed by atoms with Gasteiger partial charge < -0.3 is 9.47 Å². The molecule has 1 aromatic carbocycles. The molecule has 1 heterocycles.